The summed E-state index contributed by atoms with van der Waals surface area (Å²) in [4.78, 5) is 0. The monoisotopic (exact) mass is 265 g/mol. The van der Waals surface area contributed by atoms with Gasteiger partial charge < -0.3 is 10.4 Å². The van der Waals surface area contributed by atoms with Crippen LogP contribution in [0.3, 0.4) is 0 Å². The molecule has 0 spiro atoms. The van der Waals surface area contributed by atoms with Crippen molar-refractivity contribution in [1.82, 2.24) is 0 Å². The first kappa shape index (κ1) is 12.7. The lowest BCUT2D eigenvalue weighted by molar-refractivity contribution is 0.474. The Morgan fingerprint density at radius 2 is 2.00 bits per heavy atom. The molecular weight excluding hydrogens is 253 g/mol. The van der Waals surface area contributed by atoms with Crippen molar-refractivity contribution in [1.29, 1.82) is 0 Å². The summed E-state index contributed by atoms with van der Waals surface area (Å²) >= 11 is 5.62. The fourth-order valence-electron chi connectivity index (χ4n) is 1.71. The van der Waals surface area contributed by atoms with Gasteiger partial charge in [-0.1, -0.05) is 23.7 Å². The van der Waals surface area contributed by atoms with Crippen LogP contribution in [0, 0.1) is 5.82 Å². The molecular formula is C14H13ClFNO. The van der Waals surface area contributed by atoms with Gasteiger partial charge in [-0.15, -0.1) is 0 Å². The normalized spacial score (nSPS) is 12.2. The number of hydrogen-bond acceptors (Lipinski definition) is 2. The molecule has 0 amide bonds. The molecule has 94 valence electrons. The molecule has 18 heavy (non-hydrogen) atoms. The highest BCUT2D eigenvalue weighted by atomic mass is 35.5. The lowest BCUT2D eigenvalue weighted by atomic mass is 10.1. The quantitative estimate of drug-likeness (QED) is 0.864. The van der Waals surface area contributed by atoms with Crippen LogP contribution in [0.4, 0.5) is 10.1 Å². The molecule has 2 aromatic carbocycles. The van der Waals surface area contributed by atoms with Crippen LogP contribution in [0.2, 0.25) is 5.02 Å². The molecule has 1 atom stereocenters. The van der Waals surface area contributed by atoms with Gasteiger partial charge in [-0.25, -0.2) is 4.39 Å². The van der Waals surface area contributed by atoms with E-state index in [2.05, 4.69) is 5.32 Å². The Bertz CT molecular complexity index is 559. The van der Waals surface area contributed by atoms with Crippen molar-refractivity contribution in [3.63, 3.8) is 0 Å². The summed E-state index contributed by atoms with van der Waals surface area (Å²) in [5.41, 5.74) is 1.57. The molecule has 4 heteroatoms. The van der Waals surface area contributed by atoms with Crippen molar-refractivity contribution in [3.8, 4) is 5.75 Å². The molecule has 1 unspecified atom stereocenters. The number of halogens is 2. The van der Waals surface area contributed by atoms with Gasteiger partial charge in [-0.05, 0) is 42.8 Å². The Kier molecular flexibility index (Phi) is 3.72. The van der Waals surface area contributed by atoms with Gasteiger partial charge in [-0.3, -0.25) is 0 Å². The van der Waals surface area contributed by atoms with Gasteiger partial charge in [0, 0.05) is 11.7 Å². The van der Waals surface area contributed by atoms with Crippen LogP contribution in [-0.2, 0) is 0 Å². The molecule has 0 heterocycles. The summed E-state index contributed by atoms with van der Waals surface area (Å²) in [6, 6.07) is 11.5. The van der Waals surface area contributed by atoms with E-state index >= 15 is 0 Å². The first-order valence-corrected chi connectivity index (χ1v) is 5.94. The van der Waals surface area contributed by atoms with Crippen LogP contribution in [0.1, 0.15) is 18.5 Å². The van der Waals surface area contributed by atoms with E-state index in [0.29, 0.717) is 5.69 Å². The lowest BCUT2D eigenvalue weighted by Crippen LogP contribution is -2.06. The number of nitrogens with one attached hydrogen (secondary N) is 1. The Hall–Kier alpha value is -1.74. The summed E-state index contributed by atoms with van der Waals surface area (Å²) in [7, 11) is 0. The number of aromatic hydroxyl groups is 1. The Morgan fingerprint density at radius 1 is 1.22 bits per heavy atom. The number of rotatable bonds is 3. The SMILES string of the molecule is CC(Nc1ccc(Cl)c(F)c1)c1cccc(O)c1. The van der Waals surface area contributed by atoms with Crippen molar-refractivity contribution in [2.75, 3.05) is 5.32 Å². The minimum Gasteiger partial charge on any atom is -0.508 e. The predicted octanol–water partition coefficient (Wildman–Crippen LogP) is 4.36. The fraction of sp³-hybridized carbons (Fsp3) is 0.143. The fourth-order valence-corrected chi connectivity index (χ4v) is 1.83. The standard InChI is InChI=1S/C14H13ClFNO/c1-9(10-3-2-4-12(18)7-10)17-11-5-6-13(15)14(16)8-11/h2-9,17-18H,1H3. The first-order chi connectivity index (χ1) is 8.56. The Morgan fingerprint density at radius 3 is 2.67 bits per heavy atom. The van der Waals surface area contributed by atoms with E-state index in [1.807, 2.05) is 13.0 Å². The summed E-state index contributed by atoms with van der Waals surface area (Å²) in [6.45, 7) is 1.93. The zero-order valence-corrected chi connectivity index (χ0v) is 10.6. The van der Waals surface area contributed by atoms with Crippen molar-refractivity contribution in [3.05, 3.63) is 58.9 Å². The highest BCUT2D eigenvalue weighted by Gasteiger charge is 2.07. The number of phenolic OH excluding ortho intramolecular Hbond substituents is 1. The zero-order valence-electron chi connectivity index (χ0n) is 9.82. The molecule has 0 aliphatic rings. The molecule has 2 rings (SSSR count). The Labute approximate surface area is 110 Å². The summed E-state index contributed by atoms with van der Waals surface area (Å²) < 4.78 is 13.3. The van der Waals surface area contributed by atoms with Crippen LogP contribution < -0.4 is 5.32 Å². The van der Waals surface area contributed by atoms with Crippen molar-refractivity contribution in [2.24, 2.45) is 0 Å². The van der Waals surface area contributed by atoms with E-state index in [9.17, 15) is 9.50 Å². The molecule has 0 saturated heterocycles. The molecule has 0 aliphatic heterocycles. The maximum Gasteiger partial charge on any atom is 0.143 e. The highest BCUT2D eigenvalue weighted by Crippen LogP contribution is 2.24. The third-order valence-electron chi connectivity index (χ3n) is 2.67. The molecule has 0 radical (unpaired) electrons. The van der Waals surface area contributed by atoms with Crippen LogP contribution in [-0.4, -0.2) is 5.11 Å². The van der Waals surface area contributed by atoms with Gasteiger partial charge in [0.25, 0.3) is 0 Å². The van der Waals surface area contributed by atoms with E-state index < -0.39 is 5.82 Å². The number of benzene rings is 2. The zero-order chi connectivity index (χ0) is 13.1. The third kappa shape index (κ3) is 2.93. The second-order valence-corrected chi connectivity index (χ2v) is 4.50. The average molecular weight is 266 g/mol. The maximum absolute atomic E-state index is 13.3. The molecule has 0 saturated carbocycles. The van der Waals surface area contributed by atoms with Crippen LogP contribution in [0.25, 0.3) is 0 Å². The maximum atomic E-state index is 13.3. The minimum absolute atomic E-state index is 0.0438. The summed E-state index contributed by atoms with van der Waals surface area (Å²) in [5, 5.41) is 12.6. The van der Waals surface area contributed by atoms with Crippen LogP contribution in [0.15, 0.2) is 42.5 Å². The molecule has 0 fully saturated rings. The van der Waals surface area contributed by atoms with E-state index in [0.717, 1.165) is 5.56 Å². The number of hydrogen-bond donors (Lipinski definition) is 2. The molecule has 2 nitrogen and oxygen atoms in total. The van der Waals surface area contributed by atoms with Gasteiger partial charge >= 0.3 is 0 Å². The summed E-state index contributed by atoms with van der Waals surface area (Å²) in [5.74, 6) is -0.242. The second-order valence-electron chi connectivity index (χ2n) is 4.09. The number of anilines is 1. The molecule has 0 bridgehead atoms. The van der Waals surface area contributed by atoms with E-state index in [-0.39, 0.29) is 16.8 Å². The lowest BCUT2D eigenvalue weighted by Gasteiger charge is -2.16. The van der Waals surface area contributed by atoms with Gasteiger partial charge in [0.15, 0.2) is 0 Å². The largest absolute Gasteiger partial charge is 0.508 e. The minimum atomic E-state index is -0.454. The summed E-state index contributed by atoms with van der Waals surface area (Å²) in [6.07, 6.45) is 0. The van der Waals surface area contributed by atoms with Crippen molar-refractivity contribution < 1.29 is 9.50 Å². The average Bonchev–Trinajstić information content (AvgIpc) is 2.34. The molecule has 2 aromatic rings. The van der Waals surface area contributed by atoms with Gasteiger partial charge in [0.1, 0.15) is 11.6 Å². The third-order valence-corrected chi connectivity index (χ3v) is 2.98. The predicted molar refractivity (Wildman–Crippen MR) is 71.6 cm³/mol. The van der Waals surface area contributed by atoms with Gasteiger partial charge in [-0.2, -0.15) is 0 Å². The van der Waals surface area contributed by atoms with Gasteiger partial charge in [0.2, 0.25) is 0 Å². The van der Waals surface area contributed by atoms with Crippen LogP contribution in [0.5, 0.6) is 5.75 Å². The second kappa shape index (κ2) is 5.27. The van der Waals surface area contributed by atoms with Gasteiger partial charge in [0.05, 0.1) is 5.02 Å². The van der Waals surface area contributed by atoms with Crippen LogP contribution >= 0.6 is 11.6 Å². The first-order valence-electron chi connectivity index (χ1n) is 5.57. The molecule has 0 aromatic heterocycles. The van der Waals surface area contributed by atoms with E-state index in [1.54, 1.807) is 24.3 Å². The van der Waals surface area contributed by atoms with Crippen molar-refractivity contribution >= 4 is 17.3 Å². The topological polar surface area (TPSA) is 32.3 Å². The Balaban J connectivity index is 2.16. The number of phenols is 1. The highest BCUT2D eigenvalue weighted by molar-refractivity contribution is 6.30. The van der Waals surface area contributed by atoms with Crippen molar-refractivity contribution in [2.45, 2.75) is 13.0 Å². The smallest absolute Gasteiger partial charge is 0.143 e. The molecule has 0 aliphatic carbocycles. The van der Waals surface area contributed by atoms with E-state index in [1.165, 1.54) is 12.1 Å². The molecule has 2 N–H and O–H groups in total. The van der Waals surface area contributed by atoms with E-state index in [4.69, 9.17) is 11.6 Å².